The maximum atomic E-state index is 12.1. The Kier molecular flexibility index (Phi) is 4.47. The third-order valence-electron chi connectivity index (χ3n) is 3.13. The average Bonchev–Trinajstić information content (AvgIpc) is 2.68. The van der Waals surface area contributed by atoms with Gasteiger partial charge < -0.3 is 15.8 Å². The van der Waals surface area contributed by atoms with Gasteiger partial charge in [0.05, 0.1) is 17.9 Å². The Bertz CT molecular complexity index is 649. The highest BCUT2D eigenvalue weighted by Crippen LogP contribution is 2.15. The summed E-state index contributed by atoms with van der Waals surface area (Å²) in [5.41, 5.74) is 8.42. The van der Waals surface area contributed by atoms with Crippen LogP contribution in [0.3, 0.4) is 0 Å². The molecule has 1 amide bonds. The molecule has 1 aromatic carbocycles. The normalized spacial score (nSPS) is 10.4. The first kappa shape index (κ1) is 14.9. The number of hydrogen-bond donors (Lipinski definition) is 2. The number of carbonyl (C=O) groups is 1. The van der Waals surface area contributed by atoms with E-state index in [2.05, 4.69) is 10.4 Å². The Morgan fingerprint density at radius 1 is 1.43 bits per heavy atom. The van der Waals surface area contributed by atoms with Crippen LogP contribution >= 0.6 is 0 Å². The molecule has 6 nitrogen and oxygen atoms in total. The first-order valence-corrected chi connectivity index (χ1v) is 6.75. The van der Waals surface area contributed by atoms with Crippen molar-refractivity contribution < 1.29 is 9.53 Å². The minimum absolute atomic E-state index is 0.247. The van der Waals surface area contributed by atoms with Crippen LogP contribution in [0.25, 0.3) is 0 Å². The average molecular weight is 288 g/mol. The monoisotopic (exact) mass is 288 g/mol. The molecule has 0 radical (unpaired) electrons. The van der Waals surface area contributed by atoms with Crippen LogP contribution in [0.15, 0.2) is 24.3 Å². The number of carbonyl (C=O) groups excluding carboxylic acids is 1. The van der Waals surface area contributed by atoms with Gasteiger partial charge in [-0.3, -0.25) is 9.48 Å². The third kappa shape index (κ3) is 3.53. The Balaban J connectivity index is 1.85. The van der Waals surface area contributed by atoms with Crippen LogP contribution in [0.1, 0.15) is 21.7 Å². The van der Waals surface area contributed by atoms with E-state index in [-0.39, 0.29) is 5.91 Å². The fourth-order valence-corrected chi connectivity index (χ4v) is 2.07. The Morgan fingerprint density at radius 2 is 2.19 bits per heavy atom. The molecule has 112 valence electrons. The smallest absolute Gasteiger partial charge is 0.271 e. The second-order valence-electron chi connectivity index (χ2n) is 4.89. The van der Waals surface area contributed by atoms with Crippen molar-refractivity contribution >= 4 is 11.6 Å². The molecule has 2 aromatic rings. The van der Waals surface area contributed by atoms with Crippen molar-refractivity contribution in [3.05, 3.63) is 41.2 Å². The summed E-state index contributed by atoms with van der Waals surface area (Å²) in [4.78, 5) is 12.1. The fourth-order valence-electron chi connectivity index (χ4n) is 2.07. The highest BCUT2D eigenvalue weighted by molar-refractivity contribution is 5.97. The zero-order valence-electron chi connectivity index (χ0n) is 12.5. The van der Waals surface area contributed by atoms with Crippen LogP contribution in [0, 0.1) is 13.8 Å². The van der Waals surface area contributed by atoms with E-state index in [4.69, 9.17) is 10.5 Å². The number of nitrogens with one attached hydrogen (secondary N) is 1. The molecule has 1 aromatic heterocycles. The maximum Gasteiger partial charge on any atom is 0.271 e. The molecule has 6 heteroatoms. The van der Waals surface area contributed by atoms with E-state index in [1.54, 1.807) is 14.0 Å². The van der Waals surface area contributed by atoms with E-state index in [0.29, 0.717) is 30.2 Å². The molecule has 1 heterocycles. The number of aryl methyl sites for hydroxylation is 3. The summed E-state index contributed by atoms with van der Waals surface area (Å²) in [6.07, 6.45) is 0. The summed E-state index contributed by atoms with van der Waals surface area (Å²) in [6.45, 7) is 4.57. The summed E-state index contributed by atoms with van der Waals surface area (Å²) >= 11 is 0. The van der Waals surface area contributed by atoms with Gasteiger partial charge >= 0.3 is 0 Å². The first-order chi connectivity index (χ1) is 9.99. The molecular formula is C15H20N4O2. The minimum atomic E-state index is -0.247. The molecule has 0 unspecified atom stereocenters. The van der Waals surface area contributed by atoms with Crippen molar-refractivity contribution in [1.29, 1.82) is 0 Å². The Hall–Kier alpha value is -2.50. The second-order valence-corrected chi connectivity index (χ2v) is 4.89. The minimum Gasteiger partial charge on any atom is -0.492 e. The SMILES string of the molecule is Cc1cccc(OCCNC(=O)c2c(N)c(C)nn2C)c1. The zero-order valence-corrected chi connectivity index (χ0v) is 12.5. The lowest BCUT2D eigenvalue weighted by Crippen LogP contribution is -2.30. The number of amides is 1. The van der Waals surface area contributed by atoms with Crippen molar-refractivity contribution in [2.75, 3.05) is 18.9 Å². The van der Waals surface area contributed by atoms with Crippen LogP contribution in [0.2, 0.25) is 0 Å². The van der Waals surface area contributed by atoms with Gasteiger partial charge in [0, 0.05) is 7.05 Å². The topological polar surface area (TPSA) is 82.2 Å². The molecule has 0 aliphatic heterocycles. The summed E-state index contributed by atoms with van der Waals surface area (Å²) in [6, 6.07) is 7.77. The highest BCUT2D eigenvalue weighted by Gasteiger charge is 2.17. The molecule has 0 atom stereocenters. The second kappa shape index (κ2) is 6.30. The number of nitrogen functional groups attached to an aromatic ring is 1. The van der Waals surface area contributed by atoms with E-state index in [1.807, 2.05) is 31.2 Å². The maximum absolute atomic E-state index is 12.1. The van der Waals surface area contributed by atoms with Gasteiger partial charge in [-0.1, -0.05) is 12.1 Å². The molecule has 0 aliphatic rings. The number of hydrogen-bond acceptors (Lipinski definition) is 4. The molecular weight excluding hydrogens is 268 g/mol. The molecule has 21 heavy (non-hydrogen) atoms. The predicted molar refractivity (Wildman–Crippen MR) is 81.4 cm³/mol. The van der Waals surface area contributed by atoms with E-state index in [1.165, 1.54) is 4.68 Å². The van der Waals surface area contributed by atoms with Gasteiger partial charge in [-0.05, 0) is 31.5 Å². The largest absolute Gasteiger partial charge is 0.492 e. The highest BCUT2D eigenvalue weighted by atomic mass is 16.5. The van der Waals surface area contributed by atoms with Crippen LogP contribution in [-0.4, -0.2) is 28.8 Å². The molecule has 3 N–H and O–H groups in total. The van der Waals surface area contributed by atoms with Gasteiger partial charge in [0.15, 0.2) is 0 Å². The molecule has 0 fully saturated rings. The third-order valence-corrected chi connectivity index (χ3v) is 3.13. The fraction of sp³-hybridized carbons (Fsp3) is 0.333. The van der Waals surface area contributed by atoms with E-state index < -0.39 is 0 Å². The van der Waals surface area contributed by atoms with E-state index in [0.717, 1.165) is 11.3 Å². The standard InChI is InChI=1S/C15H20N4O2/c1-10-5-4-6-12(9-10)21-8-7-17-15(20)14-13(16)11(2)18-19(14)3/h4-6,9H,7-8,16H2,1-3H3,(H,17,20). The molecule has 2 rings (SSSR count). The van der Waals surface area contributed by atoms with Gasteiger partial charge in [-0.2, -0.15) is 5.10 Å². The molecule has 0 bridgehead atoms. The van der Waals surface area contributed by atoms with Gasteiger partial charge in [0.1, 0.15) is 18.1 Å². The number of aromatic nitrogens is 2. The van der Waals surface area contributed by atoms with Gasteiger partial charge in [0.2, 0.25) is 0 Å². The molecule has 0 saturated heterocycles. The number of benzene rings is 1. The molecule has 0 spiro atoms. The summed E-state index contributed by atoms with van der Waals surface area (Å²) in [5.74, 6) is 0.545. The van der Waals surface area contributed by atoms with Gasteiger partial charge in [-0.25, -0.2) is 0 Å². The number of nitrogens with zero attached hydrogens (tertiary/aromatic N) is 2. The van der Waals surface area contributed by atoms with Crippen molar-refractivity contribution in [2.45, 2.75) is 13.8 Å². The van der Waals surface area contributed by atoms with Crippen LogP contribution < -0.4 is 15.8 Å². The predicted octanol–water partition coefficient (Wildman–Crippen LogP) is 1.43. The summed E-state index contributed by atoms with van der Waals surface area (Å²) in [5, 5.41) is 6.89. The molecule has 0 saturated carbocycles. The van der Waals surface area contributed by atoms with Gasteiger partial charge in [0.25, 0.3) is 5.91 Å². The van der Waals surface area contributed by atoms with Crippen molar-refractivity contribution in [3.63, 3.8) is 0 Å². The van der Waals surface area contributed by atoms with Gasteiger partial charge in [-0.15, -0.1) is 0 Å². The zero-order chi connectivity index (χ0) is 15.4. The molecule has 0 aliphatic carbocycles. The van der Waals surface area contributed by atoms with Crippen molar-refractivity contribution in [2.24, 2.45) is 7.05 Å². The quantitative estimate of drug-likeness (QED) is 0.815. The first-order valence-electron chi connectivity index (χ1n) is 6.75. The number of rotatable bonds is 5. The lowest BCUT2D eigenvalue weighted by molar-refractivity contribution is 0.0938. The van der Waals surface area contributed by atoms with Crippen molar-refractivity contribution in [3.8, 4) is 5.75 Å². The van der Waals surface area contributed by atoms with Crippen LogP contribution in [0.5, 0.6) is 5.75 Å². The van der Waals surface area contributed by atoms with E-state index >= 15 is 0 Å². The Labute approximate surface area is 123 Å². The summed E-state index contributed by atoms with van der Waals surface area (Å²) in [7, 11) is 1.70. The van der Waals surface area contributed by atoms with Crippen molar-refractivity contribution in [1.82, 2.24) is 15.1 Å². The Morgan fingerprint density at radius 3 is 2.81 bits per heavy atom. The number of nitrogens with two attached hydrogens (primary N) is 1. The lowest BCUT2D eigenvalue weighted by Gasteiger charge is -2.09. The number of ether oxygens (including phenoxy) is 1. The van der Waals surface area contributed by atoms with E-state index in [9.17, 15) is 4.79 Å². The number of anilines is 1. The van der Waals surface area contributed by atoms with Crippen LogP contribution in [0.4, 0.5) is 5.69 Å². The summed E-state index contributed by atoms with van der Waals surface area (Å²) < 4.78 is 7.06. The van der Waals surface area contributed by atoms with Crippen LogP contribution in [-0.2, 0) is 7.05 Å². The lowest BCUT2D eigenvalue weighted by atomic mass is 10.2.